The van der Waals surface area contributed by atoms with Gasteiger partial charge in [-0.1, -0.05) is 153 Å². The summed E-state index contributed by atoms with van der Waals surface area (Å²) in [6.45, 7) is 4.67. The lowest BCUT2D eigenvalue weighted by molar-refractivity contribution is 0.474. The van der Waals surface area contributed by atoms with Crippen LogP contribution in [0.2, 0.25) is 0 Å². The maximum absolute atomic E-state index is 7.08. The highest BCUT2D eigenvalue weighted by Crippen LogP contribution is 2.63. The highest BCUT2D eigenvalue weighted by Gasteiger charge is 2.43. The van der Waals surface area contributed by atoms with Crippen molar-refractivity contribution in [2.45, 2.75) is 19.3 Å². The van der Waals surface area contributed by atoms with Gasteiger partial charge in [-0.3, -0.25) is 0 Å². The second-order valence-electron chi connectivity index (χ2n) is 15.0. The average Bonchev–Trinajstić information content (AvgIpc) is 3.22. The number of anilines is 6. The number of benzene rings is 9. The van der Waals surface area contributed by atoms with Gasteiger partial charge in [0.2, 0.25) is 0 Å². The van der Waals surface area contributed by atoms with Crippen molar-refractivity contribution in [1.82, 2.24) is 0 Å². The normalized spacial score (nSPS) is 13.6. The Morgan fingerprint density at radius 1 is 0.481 bits per heavy atom. The molecule has 2 aliphatic rings. The molecule has 0 N–H and O–H groups in total. The number of para-hydroxylation sites is 1. The Balaban J connectivity index is 1.09. The smallest absolute Gasteiger partial charge is 0.159 e. The number of rotatable bonds is 4. The number of hydrogen-bond acceptors (Lipinski definition) is 3. The summed E-state index contributed by atoms with van der Waals surface area (Å²) in [4.78, 5) is 4.85. The zero-order valence-corrected chi connectivity index (χ0v) is 30.1. The first-order valence-corrected chi connectivity index (χ1v) is 18.7. The second-order valence-corrected chi connectivity index (χ2v) is 15.0. The van der Waals surface area contributed by atoms with Gasteiger partial charge in [-0.05, 0) is 80.7 Å². The molecular weight excluding hydrogens is 657 g/mol. The molecule has 0 bridgehead atoms. The second kappa shape index (κ2) is 11.6. The molecular formula is C51H36N2O. The molecule has 3 nitrogen and oxygen atoms in total. The lowest BCUT2D eigenvalue weighted by Gasteiger charge is -2.45. The van der Waals surface area contributed by atoms with Gasteiger partial charge >= 0.3 is 0 Å². The van der Waals surface area contributed by atoms with Gasteiger partial charge in [-0.15, -0.1) is 0 Å². The molecule has 0 fully saturated rings. The number of fused-ring (bicyclic) bond motifs is 8. The van der Waals surface area contributed by atoms with Crippen molar-refractivity contribution in [2.24, 2.45) is 0 Å². The Bertz CT molecular complexity index is 2960. The Hall–Kier alpha value is -6.84. The van der Waals surface area contributed by atoms with E-state index in [1.54, 1.807) is 0 Å². The van der Waals surface area contributed by atoms with Crippen LogP contribution in [-0.4, -0.2) is 0 Å². The van der Waals surface area contributed by atoms with Gasteiger partial charge < -0.3 is 14.5 Å². The number of ether oxygens (including phenoxy) is 1. The lowest BCUT2D eigenvalue weighted by Crippen LogP contribution is -2.32. The van der Waals surface area contributed by atoms with E-state index in [0.29, 0.717) is 0 Å². The predicted molar refractivity (Wildman–Crippen MR) is 226 cm³/mol. The van der Waals surface area contributed by atoms with Crippen molar-refractivity contribution in [3.63, 3.8) is 0 Å². The topological polar surface area (TPSA) is 15.7 Å². The van der Waals surface area contributed by atoms with Crippen LogP contribution in [0, 0.1) is 0 Å². The third-order valence-electron chi connectivity index (χ3n) is 11.6. The fraction of sp³-hybridized carbons (Fsp3) is 0.0588. The molecule has 0 amide bonds. The maximum atomic E-state index is 7.08. The van der Waals surface area contributed by atoms with Gasteiger partial charge in [-0.25, -0.2) is 0 Å². The van der Waals surface area contributed by atoms with Crippen LogP contribution in [0.5, 0.6) is 11.5 Å². The number of nitrogens with zero attached hydrogens (tertiary/aromatic N) is 2. The fourth-order valence-corrected chi connectivity index (χ4v) is 8.92. The van der Waals surface area contributed by atoms with Crippen LogP contribution in [0.15, 0.2) is 182 Å². The molecule has 0 saturated heterocycles. The summed E-state index contributed by atoms with van der Waals surface area (Å²) in [5.74, 6) is 1.76. The third-order valence-corrected chi connectivity index (χ3v) is 11.6. The Morgan fingerprint density at radius 3 is 1.96 bits per heavy atom. The lowest BCUT2D eigenvalue weighted by atomic mass is 9.72. The molecule has 9 aromatic carbocycles. The van der Waals surface area contributed by atoms with E-state index in [9.17, 15) is 0 Å². The molecule has 256 valence electrons. The maximum Gasteiger partial charge on any atom is 0.159 e. The fourth-order valence-electron chi connectivity index (χ4n) is 8.92. The molecule has 0 unspecified atom stereocenters. The van der Waals surface area contributed by atoms with E-state index in [1.807, 2.05) is 0 Å². The van der Waals surface area contributed by atoms with E-state index in [1.165, 1.54) is 49.1 Å². The highest BCUT2D eigenvalue weighted by molar-refractivity contribution is 6.07. The molecule has 11 rings (SSSR count). The van der Waals surface area contributed by atoms with Gasteiger partial charge in [-0.2, -0.15) is 0 Å². The average molecular weight is 693 g/mol. The van der Waals surface area contributed by atoms with Crippen LogP contribution >= 0.6 is 0 Å². The van der Waals surface area contributed by atoms with E-state index < -0.39 is 0 Å². The van der Waals surface area contributed by atoms with Gasteiger partial charge in [0.05, 0.1) is 22.7 Å². The third kappa shape index (κ3) is 4.48. The Labute approximate surface area is 314 Å². The van der Waals surface area contributed by atoms with Crippen molar-refractivity contribution >= 4 is 66.4 Å². The minimum absolute atomic E-state index is 0.218. The molecule has 3 heteroatoms. The summed E-state index contributed by atoms with van der Waals surface area (Å²) < 4.78 is 7.08. The largest absolute Gasteiger partial charge is 0.452 e. The zero-order chi connectivity index (χ0) is 36.0. The SMILES string of the molecule is CC1(C)c2ccccc2N2c3c1ccc(-c1ccc(N(c4ccc5ccccc5c4)c4cccc5ccccc45)cc1)c3Oc1ccc3ccccc3c12. The molecule has 2 heterocycles. The minimum Gasteiger partial charge on any atom is -0.452 e. The van der Waals surface area contributed by atoms with Crippen molar-refractivity contribution in [3.8, 4) is 22.6 Å². The van der Waals surface area contributed by atoms with Gasteiger partial charge in [0.25, 0.3) is 0 Å². The molecule has 2 aliphatic heterocycles. The quantitative estimate of drug-likeness (QED) is 0.183. The Morgan fingerprint density at radius 2 is 1.13 bits per heavy atom. The van der Waals surface area contributed by atoms with Crippen LogP contribution in [0.3, 0.4) is 0 Å². The van der Waals surface area contributed by atoms with Crippen molar-refractivity contribution < 1.29 is 4.74 Å². The molecule has 9 aromatic rings. The van der Waals surface area contributed by atoms with E-state index in [0.717, 1.165) is 51.1 Å². The number of hydrogen-bond donors (Lipinski definition) is 0. The first-order chi connectivity index (χ1) is 26.5. The summed E-state index contributed by atoms with van der Waals surface area (Å²) in [5.41, 5.74) is 11.3. The predicted octanol–water partition coefficient (Wildman–Crippen LogP) is 14.5. The van der Waals surface area contributed by atoms with Crippen molar-refractivity contribution in [2.75, 3.05) is 9.80 Å². The van der Waals surface area contributed by atoms with E-state index in [2.05, 4.69) is 206 Å². The molecule has 0 radical (unpaired) electrons. The molecule has 0 aromatic heterocycles. The van der Waals surface area contributed by atoms with Crippen LogP contribution < -0.4 is 14.5 Å². The Kier molecular flexibility index (Phi) is 6.60. The summed E-state index contributed by atoms with van der Waals surface area (Å²) in [6.07, 6.45) is 0. The highest BCUT2D eigenvalue weighted by atomic mass is 16.5. The monoisotopic (exact) mass is 692 g/mol. The molecule has 54 heavy (non-hydrogen) atoms. The summed E-state index contributed by atoms with van der Waals surface area (Å²) in [7, 11) is 0. The van der Waals surface area contributed by atoms with E-state index in [4.69, 9.17) is 4.74 Å². The molecule has 0 aliphatic carbocycles. The van der Waals surface area contributed by atoms with E-state index in [-0.39, 0.29) is 5.41 Å². The van der Waals surface area contributed by atoms with Crippen molar-refractivity contribution in [1.29, 1.82) is 0 Å². The summed E-state index contributed by atoms with van der Waals surface area (Å²) >= 11 is 0. The minimum atomic E-state index is -0.218. The van der Waals surface area contributed by atoms with Crippen LogP contribution in [0.25, 0.3) is 43.4 Å². The molecule has 0 saturated carbocycles. The summed E-state index contributed by atoms with van der Waals surface area (Å²) in [6, 6.07) is 65.9. The van der Waals surface area contributed by atoms with Crippen LogP contribution in [0.1, 0.15) is 25.0 Å². The van der Waals surface area contributed by atoms with Crippen LogP contribution in [0.4, 0.5) is 34.1 Å². The van der Waals surface area contributed by atoms with Crippen LogP contribution in [-0.2, 0) is 5.41 Å². The molecule has 0 atom stereocenters. The first kappa shape index (κ1) is 30.8. The summed E-state index contributed by atoms with van der Waals surface area (Å²) in [5, 5.41) is 7.23. The van der Waals surface area contributed by atoms with Gasteiger partial charge in [0, 0.05) is 33.1 Å². The van der Waals surface area contributed by atoms with Crippen molar-refractivity contribution in [3.05, 3.63) is 193 Å². The molecule has 0 spiro atoms. The van der Waals surface area contributed by atoms with Gasteiger partial charge in [0.1, 0.15) is 0 Å². The standard InChI is InChI=1S/C51H36N2O/c1-51(2)43-19-9-10-20-46(43)53-48-41-18-8-6-14-35(41)25-31-47(48)54-50-42(29-30-44(51)49(50)53)36-23-26-38(27-24-36)52(39-28-22-33-12-3-4-15-37(33)32-39)45-21-11-16-34-13-5-7-17-40(34)45/h3-32H,1-2H3. The van der Waals surface area contributed by atoms with E-state index >= 15 is 0 Å². The zero-order valence-electron chi connectivity index (χ0n) is 30.1. The van der Waals surface area contributed by atoms with Gasteiger partial charge in [0.15, 0.2) is 11.5 Å². The first-order valence-electron chi connectivity index (χ1n) is 18.7.